The lowest BCUT2D eigenvalue weighted by molar-refractivity contribution is 0.0762. The molecule has 1 fully saturated rings. The number of sulfonamides is 1. The van der Waals surface area contributed by atoms with Crippen molar-refractivity contribution in [3.05, 3.63) is 59.4 Å². The van der Waals surface area contributed by atoms with Crippen molar-refractivity contribution < 1.29 is 17.6 Å². The summed E-state index contributed by atoms with van der Waals surface area (Å²) in [7, 11) is -3.84. The maximum Gasteiger partial charge on any atom is 0.256 e. The predicted molar refractivity (Wildman–Crippen MR) is 116 cm³/mol. The average Bonchev–Trinajstić information content (AvgIpc) is 2.99. The van der Waals surface area contributed by atoms with Crippen molar-refractivity contribution in [3.63, 3.8) is 0 Å². The predicted octanol–water partition coefficient (Wildman–Crippen LogP) is 2.74. The van der Waals surface area contributed by atoms with E-state index in [-0.39, 0.29) is 16.5 Å². The highest BCUT2D eigenvalue weighted by atomic mass is 32.2. The summed E-state index contributed by atoms with van der Waals surface area (Å²) < 4.78 is 41.7. The van der Waals surface area contributed by atoms with Crippen LogP contribution in [0.3, 0.4) is 0 Å². The van der Waals surface area contributed by atoms with E-state index in [1.54, 1.807) is 30.9 Å². The summed E-state index contributed by atoms with van der Waals surface area (Å²) in [6, 6.07) is 12.3. The molecular formula is C22H25FN4O3S. The van der Waals surface area contributed by atoms with Gasteiger partial charge < -0.3 is 9.80 Å². The molecule has 0 spiro atoms. The number of carbonyl (C=O) groups excluding carboxylic acids is 1. The van der Waals surface area contributed by atoms with Crippen LogP contribution in [0.25, 0.3) is 0 Å². The quantitative estimate of drug-likeness (QED) is 0.765. The Kier molecular flexibility index (Phi) is 6.93. The number of carbonyl (C=O) groups is 1. The van der Waals surface area contributed by atoms with E-state index in [4.69, 9.17) is 5.26 Å². The molecule has 0 saturated carbocycles. The Labute approximate surface area is 182 Å². The Hall–Kier alpha value is -2.96. The van der Waals surface area contributed by atoms with E-state index in [1.165, 1.54) is 0 Å². The number of nitrogens with one attached hydrogen (secondary N) is 1. The van der Waals surface area contributed by atoms with E-state index in [9.17, 15) is 17.6 Å². The van der Waals surface area contributed by atoms with Gasteiger partial charge in [-0.3, -0.25) is 4.79 Å². The minimum absolute atomic E-state index is 0.139. The minimum atomic E-state index is -3.84. The van der Waals surface area contributed by atoms with Gasteiger partial charge >= 0.3 is 0 Å². The summed E-state index contributed by atoms with van der Waals surface area (Å²) in [5.74, 6) is -1.28. The van der Waals surface area contributed by atoms with Crippen molar-refractivity contribution in [2.75, 3.05) is 31.1 Å². The van der Waals surface area contributed by atoms with Crippen molar-refractivity contribution in [2.45, 2.75) is 31.2 Å². The Balaban J connectivity index is 1.77. The third-order valence-corrected chi connectivity index (χ3v) is 6.67. The van der Waals surface area contributed by atoms with Gasteiger partial charge in [0.15, 0.2) is 0 Å². The summed E-state index contributed by atoms with van der Waals surface area (Å²) >= 11 is 0. The minimum Gasteiger partial charge on any atom is -0.370 e. The molecule has 0 atom stereocenters. The SMILES string of the molecule is CC(C)NS(=O)(=O)c1ccc(F)c(C(=O)N2CCCN(c3ccc(C#N)cc3)CC2)c1. The first-order chi connectivity index (χ1) is 14.7. The molecule has 1 N–H and O–H groups in total. The number of amides is 1. The highest BCUT2D eigenvalue weighted by Gasteiger charge is 2.25. The number of nitriles is 1. The van der Waals surface area contributed by atoms with Gasteiger partial charge in [0.05, 0.1) is 22.1 Å². The normalized spacial score (nSPS) is 14.9. The molecule has 1 amide bonds. The monoisotopic (exact) mass is 444 g/mol. The number of rotatable bonds is 5. The van der Waals surface area contributed by atoms with Gasteiger partial charge in [-0.1, -0.05) is 0 Å². The Bertz CT molecular complexity index is 1090. The molecule has 0 aromatic heterocycles. The van der Waals surface area contributed by atoms with E-state index in [2.05, 4.69) is 15.7 Å². The van der Waals surface area contributed by atoms with Crippen LogP contribution in [0.5, 0.6) is 0 Å². The van der Waals surface area contributed by atoms with Gasteiger partial charge in [0, 0.05) is 37.9 Å². The van der Waals surface area contributed by atoms with Crippen LogP contribution >= 0.6 is 0 Å². The molecule has 2 aromatic carbocycles. The first kappa shape index (κ1) is 22.7. The van der Waals surface area contributed by atoms with Crippen LogP contribution in [0.15, 0.2) is 47.4 Å². The zero-order valence-electron chi connectivity index (χ0n) is 17.5. The second-order valence-corrected chi connectivity index (χ2v) is 9.42. The molecule has 0 bridgehead atoms. The van der Waals surface area contributed by atoms with Crippen LogP contribution in [-0.2, 0) is 10.0 Å². The zero-order valence-corrected chi connectivity index (χ0v) is 18.3. The second kappa shape index (κ2) is 9.45. The van der Waals surface area contributed by atoms with E-state index in [1.807, 2.05) is 12.1 Å². The maximum atomic E-state index is 14.4. The van der Waals surface area contributed by atoms with Crippen LogP contribution in [0.4, 0.5) is 10.1 Å². The number of nitrogens with zero attached hydrogens (tertiary/aromatic N) is 3. The first-order valence-corrected chi connectivity index (χ1v) is 11.6. The number of benzene rings is 2. The molecule has 1 aliphatic heterocycles. The highest BCUT2D eigenvalue weighted by Crippen LogP contribution is 2.21. The summed E-state index contributed by atoms with van der Waals surface area (Å²) in [4.78, 5) is 16.5. The fourth-order valence-corrected chi connectivity index (χ4v) is 4.79. The lowest BCUT2D eigenvalue weighted by Gasteiger charge is -2.24. The molecule has 1 aliphatic rings. The molecular weight excluding hydrogens is 419 g/mol. The Morgan fingerprint density at radius 1 is 1.10 bits per heavy atom. The van der Waals surface area contributed by atoms with Crippen molar-refractivity contribution in [3.8, 4) is 6.07 Å². The van der Waals surface area contributed by atoms with E-state index in [0.29, 0.717) is 38.2 Å². The first-order valence-electron chi connectivity index (χ1n) is 10.1. The lowest BCUT2D eigenvalue weighted by atomic mass is 10.2. The number of hydrogen-bond donors (Lipinski definition) is 1. The molecule has 9 heteroatoms. The number of anilines is 1. The third-order valence-electron chi connectivity index (χ3n) is 5.01. The Morgan fingerprint density at radius 2 is 1.81 bits per heavy atom. The summed E-state index contributed by atoms with van der Waals surface area (Å²) in [5.41, 5.74) is 1.28. The van der Waals surface area contributed by atoms with Gasteiger partial charge in [-0.05, 0) is 62.7 Å². The van der Waals surface area contributed by atoms with Crippen LogP contribution < -0.4 is 9.62 Å². The van der Waals surface area contributed by atoms with Crippen molar-refractivity contribution in [1.29, 1.82) is 5.26 Å². The van der Waals surface area contributed by atoms with Crippen LogP contribution in [0, 0.1) is 17.1 Å². The van der Waals surface area contributed by atoms with E-state index in [0.717, 1.165) is 23.9 Å². The van der Waals surface area contributed by atoms with Crippen molar-refractivity contribution in [2.24, 2.45) is 0 Å². The lowest BCUT2D eigenvalue weighted by Crippen LogP contribution is -2.36. The maximum absolute atomic E-state index is 14.4. The van der Waals surface area contributed by atoms with Gasteiger partial charge in [-0.2, -0.15) is 5.26 Å². The van der Waals surface area contributed by atoms with Gasteiger partial charge in [0.2, 0.25) is 10.0 Å². The molecule has 1 heterocycles. The molecule has 3 rings (SSSR count). The largest absolute Gasteiger partial charge is 0.370 e. The molecule has 1 saturated heterocycles. The fraction of sp³-hybridized carbons (Fsp3) is 0.364. The molecule has 0 radical (unpaired) electrons. The van der Waals surface area contributed by atoms with E-state index < -0.39 is 21.7 Å². The molecule has 0 aliphatic carbocycles. The molecule has 31 heavy (non-hydrogen) atoms. The van der Waals surface area contributed by atoms with Crippen molar-refractivity contribution in [1.82, 2.24) is 9.62 Å². The number of hydrogen-bond acceptors (Lipinski definition) is 5. The molecule has 2 aromatic rings. The van der Waals surface area contributed by atoms with Gasteiger partial charge in [-0.25, -0.2) is 17.5 Å². The fourth-order valence-electron chi connectivity index (χ4n) is 3.51. The highest BCUT2D eigenvalue weighted by molar-refractivity contribution is 7.89. The summed E-state index contributed by atoms with van der Waals surface area (Å²) in [6.07, 6.45) is 0.681. The molecule has 7 nitrogen and oxygen atoms in total. The van der Waals surface area contributed by atoms with Crippen LogP contribution in [0.2, 0.25) is 0 Å². The third kappa shape index (κ3) is 5.40. The smallest absolute Gasteiger partial charge is 0.256 e. The summed E-state index contributed by atoms with van der Waals surface area (Å²) in [6.45, 7) is 5.44. The Morgan fingerprint density at radius 3 is 2.45 bits per heavy atom. The van der Waals surface area contributed by atoms with Gasteiger partial charge in [0.1, 0.15) is 5.82 Å². The van der Waals surface area contributed by atoms with Gasteiger partial charge in [-0.15, -0.1) is 0 Å². The number of halogens is 1. The molecule has 0 unspecified atom stereocenters. The second-order valence-electron chi connectivity index (χ2n) is 7.71. The van der Waals surface area contributed by atoms with Crippen LogP contribution in [0.1, 0.15) is 36.2 Å². The van der Waals surface area contributed by atoms with Crippen molar-refractivity contribution >= 4 is 21.6 Å². The summed E-state index contributed by atoms with van der Waals surface area (Å²) in [5, 5.41) is 8.94. The van der Waals surface area contributed by atoms with Crippen LogP contribution in [-0.4, -0.2) is 51.4 Å². The topological polar surface area (TPSA) is 93.5 Å². The average molecular weight is 445 g/mol. The van der Waals surface area contributed by atoms with E-state index >= 15 is 0 Å². The molecule has 164 valence electrons. The zero-order chi connectivity index (χ0) is 22.6. The van der Waals surface area contributed by atoms with Gasteiger partial charge in [0.25, 0.3) is 5.91 Å². The standard InChI is InChI=1S/C22H25FN4O3S/c1-16(2)25-31(29,30)19-8-9-21(23)20(14-19)22(28)27-11-3-10-26(12-13-27)18-6-4-17(15-24)5-7-18/h4-9,14,16,25H,3,10-13H2,1-2H3.